The molecule has 2 nitrogen and oxygen atoms in total. The van der Waals surface area contributed by atoms with Crippen LogP contribution in [0.1, 0.15) is 13.3 Å². The van der Waals surface area contributed by atoms with E-state index in [2.05, 4.69) is 19.1 Å². The fourth-order valence-corrected chi connectivity index (χ4v) is 1.46. The van der Waals surface area contributed by atoms with Crippen molar-refractivity contribution in [2.45, 2.75) is 25.6 Å². The molecule has 0 N–H and O–H groups in total. The average Bonchev–Trinajstić information content (AvgIpc) is 2.04. The number of allylic oxidation sites excluding steroid dienone is 1. The van der Waals surface area contributed by atoms with Crippen molar-refractivity contribution in [2.75, 3.05) is 14.2 Å². The van der Waals surface area contributed by atoms with Crippen LogP contribution in [0.3, 0.4) is 0 Å². The van der Waals surface area contributed by atoms with Crippen LogP contribution in [-0.4, -0.2) is 26.4 Å². The molecule has 11 heavy (non-hydrogen) atoms. The lowest BCUT2D eigenvalue weighted by Gasteiger charge is -2.28. The Hall–Kier alpha value is -0.340. The van der Waals surface area contributed by atoms with Crippen LogP contribution in [0.25, 0.3) is 0 Å². The SMILES string of the molecule is COC1C=CC(C)CC1OC. The van der Waals surface area contributed by atoms with Crippen LogP contribution in [0, 0.1) is 5.92 Å². The summed E-state index contributed by atoms with van der Waals surface area (Å²) in [4.78, 5) is 0. The number of rotatable bonds is 2. The van der Waals surface area contributed by atoms with Gasteiger partial charge >= 0.3 is 0 Å². The lowest BCUT2D eigenvalue weighted by molar-refractivity contribution is -0.0251. The predicted molar refractivity (Wildman–Crippen MR) is 44.5 cm³/mol. The highest BCUT2D eigenvalue weighted by atomic mass is 16.5. The summed E-state index contributed by atoms with van der Waals surface area (Å²) in [6.45, 7) is 2.19. The number of hydrogen-bond donors (Lipinski definition) is 0. The van der Waals surface area contributed by atoms with Crippen molar-refractivity contribution in [1.82, 2.24) is 0 Å². The van der Waals surface area contributed by atoms with Crippen molar-refractivity contribution in [3.05, 3.63) is 12.2 Å². The highest BCUT2D eigenvalue weighted by molar-refractivity contribution is 5.02. The van der Waals surface area contributed by atoms with E-state index in [1.54, 1.807) is 14.2 Å². The predicted octanol–water partition coefficient (Wildman–Crippen LogP) is 1.61. The van der Waals surface area contributed by atoms with Crippen LogP contribution in [0.2, 0.25) is 0 Å². The van der Waals surface area contributed by atoms with E-state index in [9.17, 15) is 0 Å². The van der Waals surface area contributed by atoms with E-state index in [4.69, 9.17) is 9.47 Å². The van der Waals surface area contributed by atoms with Crippen LogP contribution in [-0.2, 0) is 9.47 Å². The Morgan fingerprint density at radius 3 is 2.45 bits per heavy atom. The lowest BCUT2D eigenvalue weighted by atomic mass is 9.93. The van der Waals surface area contributed by atoms with Gasteiger partial charge in [0.05, 0.1) is 6.10 Å². The molecule has 0 aliphatic heterocycles. The summed E-state index contributed by atoms with van der Waals surface area (Å²) in [6, 6.07) is 0. The largest absolute Gasteiger partial charge is 0.378 e. The van der Waals surface area contributed by atoms with E-state index in [0.29, 0.717) is 5.92 Å². The van der Waals surface area contributed by atoms with Crippen molar-refractivity contribution in [3.63, 3.8) is 0 Å². The van der Waals surface area contributed by atoms with Crippen molar-refractivity contribution in [1.29, 1.82) is 0 Å². The Morgan fingerprint density at radius 2 is 1.91 bits per heavy atom. The van der Waals surface area contributed by atoms with Gasteiger partial charge in [0.2, 0.25) is 0 Å². The van der Waals surface area contributed by atoms with Gasteiger partial charge in [0, 0.05) is 14.2 Å². The zero-order chi connectivity index (χ0) is 8.27. The molecule has 3 atom stereocenters. The van der Waals surface area contributed by atoms with Crippen molar-refractivity contribution in [3.8, 4) is 0 Å². The molecule has 0 fully saturated rings. The maximum Gasteiger partial charge on any atom is 0.101 e. The van der Waals surface area contributed by atoms with Gasteiger partial charge in [-0.15, -0.1) is 0 Å². The Balaban J connectivity index is 2.56. The molecular formula is C9H16O2. The third kappa shape index (κ3) is 2.04. The van der Waals surface area contributed by atoms with Crippen molar-refractivity contribution >= 4 is 0 Å². The van der Waals surface area contributed by atoms with E-state index < -0.39 is 0 Å². The third-order valence-corrected chi connectivity index (χ3v) is 2.17. The zero-order valence-electron chi connectivity index (χ0n) is 7.41. The molecule has 0 saturated carbocycles. The monoisotopic (exact) mass is 156 g/mol. The second kappa shape index (κ2) is 3.88. The maximum absolute atomic E-state index is 5.29. The first-order valence-electron chi connectivity index (χ1n) is 4.02. The van der Waals surface area contributed by atoms with Crippen LogP contribution >= 0.6 is 0 Å². The molecule has 1 aliphatic rings. The first-order valence-corrected chi connectivity index (χ1v) is 4.02. The van der Waals surface area contributed by atoms with Crippen LogP contribution < -0.4 is 0 Å². The molecule has 1 aliphatic carbocycles. The van der Waals surface area contributed by atoms with Crippen LogP contribution in [0.4, 0.5) is 0 Å². The van der Waals surface area contributed by atoms with Gasteiger partial charge in [-0.2, -0.15) is 0 Å². The second-order valence-electron chi connectivity index (χ2n) is 3.07. The molecule has 0 aromatic carbocycles. The normalized spacial score (nSPS) is 37.5. The van der Waals surface area contributed by atoms with Gasteiger partial charge in [-0.1, -0.05) is 19.1 Å². The Bertz CT molecular complexity index is 142. The number of hydrogen-bond acceptors (Lipinski definition) is 2. The summed E-state index contributed by atoms with van der Waals surface area (Å²) in [6.07, 6.45) is 5.72. The third-order valence-electron chi connectivity index (χ3n) is 2.17. The molecule has 0 saturated heterocycles. The molecular weight excluding hydrogens is 140 g/mol. The molecule has 0 heterocycles. The summed E-state index contributed by atoms with van der Waals surface area (Å²) in [5.41, 5.74) is 0. The summed E-state index contributed by atoms with van der Waals surface area (Å²) in [7, 11) is 3.46. The first kappa shape index (κ1) is 8.75. The first-order chi connectivity index (χ1) is 5.27. The minimum absolute atomic E-state index is 0.149. The fourth-order valence-electron chi connectivity index (χ4n) is 1.46. The molecule has 0 aromatic heterocycles. The summed E-state index contributed by atoms with van der Waals surface area (Å²) >= 11 is 0. The van der Waals surface area contributed by atoms with Gasteiger partial charge in [0.25, 0.3) is 0 Å². The Morgan fingerprint density at radius 1 is 1.18 bits per heavy atom. The topological polar surface area (TPSA) is 18.5 Å². The van der Waals surface area contributed by atoms with E-state index in [1.807, 2.05) is 0 Å². The molecule has 0 bridgehead atoms. The second-order valence-corrected chi connectivity index (χ2v) is 3.07. The molecule has 3 unspecified atom stereocenters. The molecule has 0 radical (unpaired) electrons. The van der Waals surface area contributed by atoms with Crippen LogP contribution in [0.5, 0.6) is 0 Å². The minimum Gasteiger partial charge on any atom is -0.378 e. The standard InChI is InChI=1S/C9H16O2/c1-7-4-5-8(10-2)9(6-7)11-3/h4-5,7-9H,6H2,1-3H3. The number of ether oxygens (including phenoxy) is 2. The quantitative estimate of drug-likeness (QED) is 0.565. The zero-order valence-corrected chi connectivity index (χ0v) is 7.41. The smallest absolute Gasteiger partial charge is 0.101 e. The molecule has 0 aromatic rings. The summed E-state index contributed by atoms with van der Waals surface area (Å²) in [5, 5.41) is 0. The van der Waals surface area contributed by atoms with Gasteiger partial charge in [-0.05, 0) is 12.3 Å². The van der Waals surface area contributed by atoms with E-state index in [-0.39, 0.29) is 12.2 Å². The van der Waals surface area contributed by atoms with Crippen molar-refractivity contribution in [2.24, 2.45) is 5.92 Å². The molecule has 0 amide bonds. The van der Waals surface area contributed by atoms with E-state index in [0.717, 1.165) is 6.42 Å². The van der Waals surface area contributed by atoms with Gasteiger partial charge in [0.1, 0.15) is 6.10 Å². The van der Waals surface area contributed by atoms with Gasteiger partial charge in [0.15, 0.2) is 0 Å². The maximum atomic E-state index is 5.29. The minimum atomic E-state index is 0.149. The number of methoxy groups -OCH3 is 2. The molecule has 1 rings (SSSR count). The lowest BCUT2D eigenvalue weighted by Crippen LogP contribution is -2.32. The highest BCUT2D eigenvalue weighted by Gasteiger charge is 2.23. The molecule has 0 spiro atoms. The summed E-state index contributed by atoms with van der Waals surface area (Å²) in [5.74, 6) is 0.617. The summed E-state index contributed by atoms with van der Waals surface area (Å²) < 4.78 is 10.5. The Kier molecular flexibility index (Phi) is 3.09. The van der Waals surface area contributed by atoms with Gasteiger partial charge in [-0.3, -0.25) is 0 Å². The molecule has 2 heteroatoms. The van der Waals surface area contributed by atoms with E-state index >= 15 is 0 Å². The van der Waals surface area contributed by atoms with Crippen molar-refractivity contribution < 1.29 is 9.47 Å². The highest BCUT2D eigenvalue weighted by Crippen LogP contribution is 2.21. The Labute approximate surface area is 68.2 Å². The van der Waals surface area contributed by atoms with Gasteiger partial charge < -0.3 is 9.47 Å². The van der Waals surface area contributed by atoms with Crippen LogP contribution in [0.15, 0.2) is 12.2 Å². The van der Waals surface area contributed by atoms with E-state index in [1.165, 1.54) is 0 Å². The van der Waals surface area contributed by atoms with Gasteiger partial charge in [-0.25, -0.2) is 0 Å². The average molecular weight is 156 g/mol. The fraction of sp³-hybridized carbons (Fsp3) is 0.778. The molecule has 64 valence electrons.